The Hall–Kier alpha value is -4.09. The summed E-state index contributed by atoms with van der Waals surface area (Å²) in [5, 5.41) is 10.8. The first-order chi connectivity index (χ1) is 23.7. The molecule has 0 amide bonds. The van der Waals surface area contributed by atoms with Gasteiger partial charge in [0.05, 0.1) is 13.2 Å². The van der Waals surface area contributed by atoms with Gasteiger partial charge in [0, 0.05) is 37.8 Å². The van der Waals surface area contributed by atoms with Crippen molar-refractivity contribution >= 4 is 29.8 Å². The number of rotatable bonds is 23. The minimum atomic E-state index is -0.829. The van der Waals surface area contributed by atoms with Crippen LogP contribution in [0.5, 0.6) is 11.5 Å². The molecule has 50 heavy (non-hydrogen) atoms. The van der Waals surface area contributed by atoms with Gasteiger partial charge < -0.3 is 33.5 Å². The lowest BCUT2D eigenvalue weighted by Gasteiger charge is -2.18. The van der Waals surface area contributed by atoms with Gasteiger partial charge in [-0.25, -0.2) is 4.79 Å². The number of methoxy groups -OCH3 is 1. The molecule has 0 radical (unpaired) electrons. The van der Waals surface area contributed by atoms with Crippen molar-refractivity contribution < 1.29 is 57.5 Å². The van der Waals surface area contributed by atoms with Gasteiger partial charge in [0.25, 0.3) is 0 Å². The van der Waals surface area contributed by atoms with Gasteiger partial charge in [-0.15, -0.1) is 0 Å². The Morgan fingerprint density at radius 3 is 2.06 bits per heavy atom. The third-order valence-corrected chi connectivity index (χ3v) is 8.67. The summed E-state index contributed by atoms with van der Waals surface area (Å²) in [6, 6.07) is 0. The summed E-state index contributed by atoms with van der Waals surface area (Å²) in [6.07, 6.45) is 10.2. The Kier molecular flexibility index (Phi) is 18.4. The zero-order valence-electron chi connectivity index (χ0n) is 30.9. The maximum atomic E-state index is 12.5. The van der Waals surface area contributed by atoms with E-state index >= 15 is 0 Å². The molecule has 2 unspecified atom stereocenters. The van der Waals surface area contributed by atoms with Gasteiger partial charge >= 0.3 is 29.8 Å². The zero-order valence-corrected chi connectivity index (χ0v) is 30.9. The Balaban J connectivity index is 1.59. The molecule has 1 aromatic carbocycles. The first-order valence-corrected chi connectivity index (χ1v) is 17.6. The molecule has 0 fully saturated rings. The van der Waals surface area contributed by atoms with Crippen LogP contribution in [0.25, 0.3) is 0 Å². The standard InChI is InChI=1S/C38H56O12/c1-24(16-18-31-36(43)35-32(23-48-38(35)44)27(4)37(31)45-7)17-19-33(41)49-26(3)15-13-11-9-8-10-12-14-25(2)20-34(42)50-30(21-46-28(5)39)22-47-29(6)40/h16,25-26,30,43H,8-15,17-23H2,1-7H3/b24-16+. The number of hydrogen-bond acceptors (Lipinski definition) is 12. The monoisotopic (exact) mass is 704 g/mol. The highest BCUT2D eigenvalue weighted by molar-refractivity contribution is 5.98. The summed E-state index contributed by atoms with van der Waals surface area (Å²) in [7, 11) is 1.53. The molecule has 0 aliphatic carbocycles. The van der Waals surface area contributed by atoms with E-state index in [2.05, 4.69) is 0 Å². The molecule has 0 spiro atoms. The summed E-state index contributed by atoms with van der Waals surface area (Å²) >= 11 is 0. The number of hydrogen-bond donors (Lipinski definition) is 1. The average molecular weight is 705 g/mol. The molecule has 12 nitrogen and oxygen atoms in total. The van der Waals surface area contributed by atoms with Crippen LogP contribution in [-0.2, 0) is 55.9 Å². The van der Waals surface area contributed by atoms with Crippen molar-refractivity contribution in [1.82, 2.24) is 0 Å². The maximum Gasteiger partial charge on any atom is 0.342 e. The van der Waals surface area contributed by atoms with Crippen LogP contribution in [0.3, 0.4) is 0 Å². The number of phenolic OH excluding ortho intramolecular Hbond substituents is 1. The molecule has 280 valence electrons. The number of aromatic hydroxyl groups is 1. The van der Waals surface area contributed by atoms with E-state index < -0.39 is 30.0 Å². The van der Waals surface area contributed by atoms with Gasteiger partial charge in [-0.1, -0.05) is 57.1 Å². The van der Waals surface area contributed by atoms with Crippen LogP contribution < -0.4 is 4.74 Å². The lowest BCUT2D eigenvalue weighted by atomic mass is 9.94. The Bertz CT molecular complexity index is 1330. The van der Waals surface area contributed by atoms with E-state index in [4.69, 9.17) is 28.4 Å². The van der Waals surface area contributed by atoms with E-state index in [9.17, 15) is 29.1 Å². The fourth-order valence-corrected chi connectivity index (χ4v) is 5.84. The van der Waals surface area contributed by atoms with Crippen molar-refractivity contribution in [2.45, 2.75) is 137 Å². The van der Waals surface area contributed by atoms with E-state index in [0.717, 1.165) is 62.5 Å². The third kappa shape index (κ3) is 14.8. The summed E-state index contributed by atoms with van der Waals surface area (Å²) in [6.45, 7) is 9.98. The molecule has 1 N–H and O–H groups in total. The number of carbonyl (C=O) groups excluding carboxylic acids is 5. The molecule has 0 aromatic heterocycles. The van der Waals surface area contributed by atoms with Crippen LogP contribution in [0, 0.1) is 12.8 Å². The molecule has 2 rings (SSSR count). The number of ether oxygens (including phenoxy) is 6. The Morgan fingerprint density at radius 1 is 0.860 bits per heavy atom. The van der Waals surface area contributed by atoms with Crippen LogP contribution >= 0.6 is 0 Å². The predicted molar refractivity (Wildman–Crippen MR) is 185 cm³/mol. The summed E-state index contributed by atoms with van der Waals surface area (Å²) in [4.78, 5) is 59.1. The predicted octanol–water partition coefficient (Wildman–Crippen LogP) is 6.77. The smallest absolute Gasteiger partial charge is 0.342 e. The third-order valence-electron chi connectivity index (χ3n) is 8.67. The van der Waals surface area contributed by atoms with Crippen LogP contribution in [0.2, 0.25) is 0 Å². The Labute approximate surface area is 296 Å². The molecular formula is C38H56O12. The molecule has 1 heterocycles. The lowest BCUT2D eigenvalue weighted by Crippen LogP contribution is -2.30. The largest absolute Gasteiger partial charge is 0.507 e. The molecule has 0 saturated heterocycles. The number of allylic oxidation sites excluding steroid dienone is 2. The number of cyclic esters (lactones) is 1. The highest BCUT2D eigenvalue weighted by Gasteiger charge is 2.32. The molecule has 1 aliphatic heterocycles. The van der Waals surface area contributed by atoms with E-state index in [0.29, 0.717) is 29.7 Å². The first kappa shape index (κ1) is 42.1. The topological polar surface area (TPSA) is 161 Å². The number of carbonyl (C=O) groups is 5. The molecule has 1 aliphatic rings. The molecular weight excluding hydrogens is 648 g/mol. The van der Waals surface area contributed by atoms with Gasteiger partial charge in [-0.3, -0.25) is 19.2 Å². The van der Waals surface area contributed by atoms with Crippen molar-refractivity contribution in [3.63, 3.8) is 0 Å². The van der Waals surface area contributed by atoms with Crippen molar-refractivity contribution in [2.24, 2.45) is 5.92 Å². The van der Waals surface area contributed by atoms with Gasteiger partial charge in [-0.05, 0) is 57.9 Å². The fourth-order valence-electron chi connectivity index (χ4n) is 5.84. The summed E-state index contributed by atoms with van der Waals surface area (Å²) in [5.74, 6) is -1.66. The highest BCUT2D eigenvalue weighted by atomic mass is 16.6. The van der Waals surface area contributed by atoms with Crippen LogP contribution in [0.15, 0.2) is 11.6 Å². The van der Waals surface area contributed by atoms with Crippen LogP contribution in [0.1, 0.15) is 132 Å². The molecule has 2 atom stereocenters. The average Bonchev–Trinajstić information content (AvgIpc) is 3.45. The SMILES string of the molecule is COc1c(C)c2c(c(O)c1C/C=C(\C)CCC(=O)OC(C)CCCCCCCCC(C)CC(=O)OC(COC(C)=O)COC(C)=O)C(=O)OC2. The summed E-state index contributed by atoms with van der Waals surface area (Å²) < 4.78 is 31.4. The fraction of sp³-hybridized carbons (Fsp3) is 0.658. The van der Waals surface area contributed by atoms with Crippen LogP contribution in [0.4, 0.5) is 0 Å². The van der Waals surface area contributed by atoms with Crippen molar-refractivity contribution in [1.29, 1.82) is 0 Å². The second-order valence-corrected chi connectivity index (χ2v) is 13.2. The van der Waals surface area contributed by atoms with Crippen molar-refractivity contribution in [3.05, 3.63) is 33.9 Å². The van der Waals surface area contributed by atoms with E-state index in [-0.39, 0.29) is 62.0 Å². The molecule has 0 saturated carbocycles. The van der Waals surface area contributed by atoms with Gasteiger partial charge in [-0.2, -0.15) is 0 Å². The van der Waals surface area contributed by atoms with E-state index in [1.54, 1.807) is 0 Å². The van der Waals surface area contributed by atoms with E-state index in [1.165, 1.54) is 21.0 Å². The molecule has 0 bridgehead atoms. The zero-order chi connectivity index (χ0) is 37.2. The van der Waals surface area contributed by atoms with Gasteiger partial charge in [0.15, 0.2) is 6.10 Å². The number of phenols is 1. The number of fused-ring (bicyclic) bond motifs is 1. The minimum absolute atomic E-state index is 0.115. The maximum absolute atomic E-state index is 12.5. The van der Waals surface area contributed by atoms with E-state index in [1.807, 2.05) is 33.8 Å². The molecule has 12 heteroatoms. The quantitative estimate of drug-likeness (QED) is 0.0552. The van der Waals surface area contributed by atoms with Crippen LogP contribution in [-0.4, -0.2) is 67.5 Å². The number of unbranched alkanes of at least 4 members (excludes halogenated alkanes) is 5. The second kappa shape index (κ2) is 21.9. The van der Waals surface area contributed by atoms with Gasteiger partial charge in [0.2, 0.25) is 0 Å². The Morgan fingerprint density at radius 2 is 1.46 bits per heavy atom. The van der Waals surface area contributed by atoms with Crippen molar-refractivity contribution in [2.75, 3.05) is 20.3 Å². The van der Waals surface area contributed by atoms with Gasteiger partial charge in [0.1, 0.15) is 36.9 Å². The second-order valence-electron chi connectivity index (χ2n) is 13.2. The highest BCUT2D eigenvalue weighted by Crippen LogP contribution is 2.42. The normalized spacial score (nSPS) is 13.7. The lowest BCUT2D eigenvalue weighted by molar-refractivity contribution is -0.166. The molecule has 1 aromatic rings. The summed E-state index contributed by atoms with van der Waals surface area (Å²) in [5.41, 5.74) is 3.11. The minimum Gasteiger partial charge on any atom is -0.507 e. The van der Waals surface area contributed by atoms with Crippen molar-refractivity contribution in [3.8, 4) is 11.5 Å². The first-order valence-electron chi connectivity index (χ1n) is 17.6. The number of benzene rings is 1. The number of esters is 5.